The Morgan fingerprint density at radius 1 is 1.45 bits per heavy atom. The molecule has 0 heterocycles. The smallest absolute Gasteiger partial charge is 0.339 e. The Balaban J connectivity index is 3.20. The highest BCUT2D eigenvalue weighted by molar-refractivity contribution is 5.91. The number of phenols is 1. The van der Waals surface area contributed by atoms with Gasteiger partial charge in [0.1, 0.15) is 11.3 Å². The molecule has 4 nitrogen and oxygen atoms in total. The second-order valence-corrected chi connectivity index (χ2v) is 2.04. The molecule has 0 unspecified atom stereocenters. The number of rotatable bonds is 1. The van der Waals surface area contributed by atoms with Crippen LogP contribution in [0.15, 0.2) is 18.2 Å². The van der Waals surface area contributed by atoms with E-state index in [0.717, 1.165) is 6.07 Å². The van der Waals surface area contributed by atoms with Crippen LogP contribution in [0.1, 0.15) is 10.4 Å². The first kappa shape index (κ1) is 7.40. The predicted molar refractivity (Wildman–Crippen MR) is 37.8 cm³/mol. The summed E-state index contributed by atoms with van der Waals surface area (Å²) in [5.41, 5.74) is 6.93. The molecule has 0 spiro atoms. The standard InChI is InChI=1S/C7H6NO3/c8-4-1-2-5(7(10)11)6(9)3-4/h1-3,8-9H,(H,10,11). The average Bonchev–Trinajstić information content (AvgIpc) is 1.85. The van der Waals surface area contributed by atoms with Gasteiger partial charge in [-0.1, -0.05) is 0 Å². The number of carbonyl (C=O) groups is 1. The zero-order valence-electron chi connectivity index (χ0n) is 5.53. The number of nitrogens with one attached hydrogen (secondary N) is 1. The second-order valence-electron chi connectivity index (χ2n) is 2.04. The quantitative estimate of drug-likeness (QED) is 0.629. The number of aromatic carboxylic acids is 1. The molecule has 0 aliphatic heterocycles. The van der Waals surface area contributed by atoms with Gasteiger partial charge in [-0.3, -0.25) is 0 Å². The molecule has 0 aliphatic carbocycles. The van der Waals surface area contributed by atoms with Crippen LogP contribution in [0, 0.1) is 0 Å². The highest BCUT2D eigenvalue weighted by Gasteiger charge is 2.07. The van der Waals surface area contributed by atoms with E-state index >= 15 is 0 Å². The topological polar surface area (TPSA) is 81.3 Å². The van der Waals surface area contributed by atoms with Crippen molar-refractivity contribution in [3.63, 3.8) is 0 Å². The largest absolute Gasteiger partial charge is 0.507 e. The first-order chi connectivity index (χ1) is 5.11. The molecule has 0 bridgehead atoms. The second kappa shape index (κ2) is 2.49. The molecule has 1 aromatic carbocycles. The molecule has 4 heteroatoms. The van der Waals surface area contributed by atoms with Crippen LogP contribution in [0.4, 0.5) is 5.69 Å². The van der Waals surface area contributed by atoms with Gasteiger partial charge in [0, 0.05) is 6.07 Å². The fraction of sp³-hybridized carbons (Fsp3) is 0. The van der Waals surface area contributed by atoms with E-state index in [2.05, 4.69) is 0 Å². The summed E-state index contributed by atoms with van der Waals surface area (Å²) < 4.78 is 0. The van der Waals surface area contributed by atoms with Crippen LogP contribution in [-0.4, -0.2) is 16.2 Å². The SMILES string of the molecule is [NH]c1ccc(C(=O)O)c(O)c1. The maximum absolute atomic E-state index is 10.3. The van der Waals surface area contributed by atoms with E-state index in [1.54, 1.807) is 0 Å². The predicted octanol–water partition coefficient (Wildman–Crippen LogP) is 1.00. The number of hydrogen-bond donors (Lipinski definition) is 2. The third kappa shape index (κ3) is 1.40. The third-order valence-electron chi connectivity index (χ3n) is 1.23. The van der Waals surface area contributed by atoms with E-state index in [-0.39, 0.29) is 17.0 Å². The summed E-state index contributed by atoms with van der Waals surface area (Å²) in [4.78, 5) is 10.3. The van der Waals surface area contributed by atoms with Crippen molar-refractivity contribution in [2.24, 2.45) is 0 Å². The van der Waals surface area contributed by atoms with Crippen molar-refractivity contribution >= 4 is 11.7 Å². The molecule has 0 amide bonds. The molecule has 1 rings (SSSR count). The number of aromatic hydroxyl groups is 1. The van der Waals surface area contributed by atoms with Crippen molar-refractivity contribution in [3.05, 3.63) is 23.8 Å². The zero-order chi connectivity index (χ0) is 8.43. The minimum atomic E-state index is -1.19. The van der Waals surface area contributed by atoms with E-state index in [0.29, 0.717) is 0 Å². The Labute approximate surface area is 62.9 Å². The molecule has 0 fully saturated rings. The van der Waals surface area contributed by atoms with Crippen molar-refractivity contribution in [3.8, 4) is 5.75 Å². The maximum atomic E-state index is 10.3. The van der Waals surface area contributed by atoms with Crippen molar-refractivity contribution in [1.82, 2.24) is 5.73 Å². The summed E-state index contributed by atoms with van der Waals surface area (Å²) in [6, 6.07) is 3.59. The summed E-state index contributed by atoms with van der Waals surface area (Å²) >= 11 is 0. The van der Waals surface area contributed by atoms with Gasteiger partial charge in [-0.2, -0.15) is 0 Å². The lowest BCUT2D eigenvalue weighted by Crippen LogP contribution is -1.95. The van der Waals surface area contributed by atoms with E-state index in [9.17, 15) is 4.79 Å². The average molecular weight is 152 g/mol. The summed E-state index contributed by atoms with van der Waals surface area (Å²) in [5, 5.41) is 17.4. The monoisotopic (exact) mass is 152 g/mol. The van der Waals surface area contributed by atoms with Gasteiger partial charge in [0.2, 0.25) is 0 Å². The lowest BCUT2D eigenvalue weighted by molar-refractivity contribution is 0.0694. The fourth-order valence-electron chi connectivity index (χ4n) is 0.712. The maximum Gasteiger partial charge on any atom is 0.339 e. The Hall–Kier alpha value is -1.71. The van der Waals surface area contributed by atoms with E-state index in [1.807, 2.05) is 0 Å². The van der Waals surface area contributed by atoms with Crippen LogP contribution in [-0.2, 0) is 0 Å². The molecule has 11 heavy (non-hydrogen) atoms. The Kier molecular flexibility index (Phi) is 1.68. The van der Waals surface area contributed by atoms with Crippen molar-refractivity contribution in [1.29, 1.82) is 0 Å². The number of carboxylic acids is 1. The van der Waals surface area contributed by atoms with Crippen molar-refractivity contribution < 1.29 is 15.0 Å². The van der Waals surface area contributed by atoms with Crippen LogP contribution in [0.25, 0.3) is 0 Å². The third-order valence-corrected chi connectivity index (χ3v) is 1.23. The Morgan fingerprint density at radius 3 is 2.55 bits per heavy atom. The van der Waals surface area contributed by atoms with Gasteiger partial charge in [-0.25, -0.2) is 4.79 Å². The number of hydrogen-bond acceptors (Lipinski definition) is 2. The van der Waals surface area contributed by atoms with Gasteiger partial charge in [-0.05, 0) is 12.1 Å². The molecule has 0 atom stereocenters. The molecule has 0 aromatic heterocycles. The van der Waals surface area contributed by atoms with Crippen LogP contribution in [0.5, 0.6) is 5.75 Å². The molecule has 1 radical (unpaired) electrons. The molecule has 0 saturated heterocycles. The first-order valence-corrected chi connectivity index (χ1v) is 2.89. The molecule has 0 aliphatic rings. The Bertz CT molecular complexity index is 296. The summed E-state index contributed by atoms with van der Waals surface area (Å²) in [5.74, 6) is -1.56. The molecule has 0 saturated carbocycles. The van der Waals surface area contributed by atoms with E-state index in [4.69, 9.17) is 15.9 Å². The minimum Gasteiger partial charge on any atom is -0.507 e. The number of carboxylic acid groups (broad SMARTS) is 1. The van der Waals surface area contributed by atoms with Gasteiger partial charge in [0.15, 0.2) is 0 Å². The first-order valence-electron chi connectivity index (χ1n) is 2.89. The fourth-order valence-corrected chi connectivity index (χ4v) is 0.712. The van der Waals surface area contributed by atoms with Crippen molar-refractivity contribution in [2.75, 3.05) is 0 Å². The molecular weight excluding hydrogens is 146 g/mol. The normalized spacial score (nSPS) is 9.45. The highest BCUT2D eigenvalue weighted by Crippen LogP contribution is 2.20. The lowest BCUT2D eigenvalue weighted by atomic mass is 10.2. The zero-order valence-corrected chi connectivity index (χ0v) is 5.53. The van der Waals surface area contributed by atoms with Gasteiger partial charge in [0.25, 0.3) is 0 Å². The lowest BCUT2D eigenvalue weighted by Gasteiger charge is -1.98. The molecular formula is C7H6NO3. The summed E-state index contributed by atoms with van der Waals surface area (Å²) in [7, 11) is 0. The summed E-state index contributed by atoms with van der Waals surface area (Å²) in [6.07, 6.45) is 0. The van der Waals surface area contributed by atoms with E-state index < -0.39 is 5.97 Å². The Morgan fingerprint density at radius 2 is 2.09 bits per heavy atom. The van der Waals surface area contributed by atoms with Gasteiger partial charge < -0.3 is 15.9 Å². The van der Waals surface area contributed by atoms with Crippen LogP contribution in [0.2, 0.25) is 0 Å². The highest BCUT2D eigenvalue weighted by atomic mass is 16.4. The van der Waals surface area contributed by atoms with Crippen LogP contribution >= 0.6 is 0 Å². The molecule has 1 aromatic rings. The van der Waals surface area contributed by atoms with Gasteiger partial charge >= 0.3 is 5.97 Å². The van der Waals surface area contributed by atoms with Crippen LogP contribution in [0.3, 0.4) is 0 Å². The molecule has 57 valence electrons. The van der Waals surface area contributed by atoms with Gasteiger partial charge in [-0.15, -0.1) is 0 Å². The number of benzene rings is 1. The summed E-state index contributed by atoms with van der Waals surface area (Å²) in [6.45, 7) is 0. The van der Waals surface area contributed by atoms with E-state index in [1.165, 1.54) is 12.1 Å². The minimum absolute atomic E-state index is 0.0903. The molecule has 3 N–H and O–H groups in total. The van der Waals surface area contributed by atoms with Crippen LogP contribution < -0.4 is 5.73 Å². The van der Waals surface area contributed by atoms with Crippen molar-refractivity contribution in [2.45, 2.75) is 0 Å². The van der Waals surface area contributed by atoms with Gasteiger partial charge in [0.05, 0.1) is 5.69 Å².